The van der Waals surface area contributed by atoms with Crippen molar-refractivity contribution in [2.45, 2.75) is 214 Å². The first-order valence-electron chi connectivity index (χ1n) is 29.6. The molecule has 2 aliphatic rings. The van der Waals surface area contributed by atoms with E-state index in [-0.39, 0.29) is 0 Å². The molecule has 9 rings (SSSR count). The van der Waals surface area contributed by atoms with Crippen molar-refractivity contribution in [3.8, 4) is 0 Å². The Labute approximate surface area is 457 Å². The second-order valence-electron chi connectivity index (χ2n) is 20.6. The van der Waals surface area contributed by atoms with Crippen LogP contribution in [0.3, 0.4) is 0 Å². The molecule has 7 aromatic heterocycles. The number of nitrogens with zero attached hydrogens (tertiary/aromatic N) is 2. The minimum atomic E-state index is -4.67. The maximum Gasteiger partial charge on any atom is 0.394 e. The maximum absolute atomic E-state index is 8.74. The number of H-pyrrole nitrogens is 6. The molecule has 0 radical (unpaired) electrons. The van der Waals surface area contributed by atoms with Crippen LogP contribution in [0.1, 0.15) is 226 Å². The van der Waals surface area contributed by atoms with Gasteiger partial charge in [-0.15, -0.1) is 0 Å². The zero-order valence-corrected chi connectivity index (χ0v) is 50.1. The maximum atomic E-state index is 8.74. The number of rotatable bonds is 16. The molecule has 0 saturated heterocycles. The van der Waals surface area contributed by atoms with E-state index < -0.39 is 10.4 Å². The van der Waals surface area contributed by atoms with Crippen LogP contribution in [0.4, 0.5) is 0 Å². The molecule has 8 N–H and O–H groups in total. The third-order valence-corrected chi connectivity index (χ3v) is 17.2. The largest absolute Gasteiger partial charge is 0.394 e. The van der Waals surface area contributed by atoms with Crippen molar-refractivity contribution in [1.82, 2.24) is 39.9 Å². The molecule has 414 valence electrons. The highest BCUT2D eigenvalue weighted by atomic mass is 32.3. The molecule has 0 saturated carbocycles. The average Bonchev–Trinajstić information content (AvgIpc) is 4.32. The third-order valence-electron chi connectivity index (χ3n) is 17.2. The number of hydrogen-bond acceptors (Lipinski definition) is 4. The van der Waals surface area contributed by atoms with Crippen LogP contribution in [0.25, 0.3) is 88.5 Å². The van der Waals surface area contributed by atoms with E-state index in [0.29, 0.717) is 0 Å². The summed E-state index contributed by atoms with van der Waals surface area (Å²) in [6.45, 7) is 37.3. The Morgan fingerprint density at radius 2 is 0.364 bits per heavy atom. The third kappa shape index (κ3) is 9.39. The van der Waals surface area contributed by atoms with Gasteiger partial charge in [0.05, 0.1) is 89.0 Å². The molecule has 77 heavy (non-hydrogen) atoms. The molecule has 12 nitrogen and oxygen atoms in total. The van der Waals surface area contributed by atoms with Gasteiger partial charge in [0.2, 0.25) is 0 Å². The smallest absolute Gasteiger partial charge is 0.352 e. The zero-order chi connectivity index (χ0) is 55.9. The molecule has 0 atom stereocenters. The van der Waals surface area contributed by atoms with E-state index in [0.717, 1.165) is 126 Å². The van der Waals surface area contributed by atoms with Gasteiger partial charge in [-0.2, -0.15) is 8.42 Å². The van der Waals surface area contributed by atoms with Crippen LogP contribution in [-0.2, 0) is 87.4 Å². The number of aryl methyl sites for hydroxylation is 12. The molecular weight excluding hydrogens is 977 g/mol. The minimum Gasteiger partial charge on any atom is -0.352 e. The second kappa shape index (κ2) is 23.2. The van der Waals surface area contributed by atoms with E-state index >= 15 is 0 Å². The van der Waals surface area contributed by atoms with Gasteiger partial charge in [-0.3, -0.25) is 9.11 Å². The molecule has 0 aromatic carbocycles. The molecule has 2 aliphatic heterocycles. The van der Waals surface area contributed by atoms with Crippen LogP contribution < -0.4 is 0 Å². The first-order chi connectivity index (χ1) is 37.0. The van der Waals surface area contributed by atoms with E-state index in [1.54, 1.807) is 0 Å². The van der Waals surface area contributed by atoms with Gasteiger partial charge < -0.3 is 29.9 Å². The van der Waals surface area contributed by atoms with E-state index in [2.05, 4.69) is 141 Å². The number of nitrogens with one attached hydrogen (secondary N) is 6. The highest BCUT2D eigenvalue weighted by molar-refractivity contribution is 7.79. The van der Waals surface area contributed by atoms with E-state index in [1.807, 2.05) is 0 Å². The van der Waals surface area contributed by atoms with Gasteiger partial charge >= 0.3 is 10.4 Å². The normalized spacial score (nSPS) is 13.1. The Balaban J connectivity index is 0.00000150. The lowest BCUT2D eigenvalue weighted by atomic mass is 9.95. The Morgan fingerprint density at radius 1 is 0.247 bits per heavy atom. The van der Waals surface area contributed by atoms with Crippen molar-refractivity contribution in [3.63, 3.8) is 0 Å². The lowest BCUT2D eigenvalue weighted by molar-refractivity contribution is 0.381. The van der Waals surface area contributed by atoms with Crippen molar-refractivity contribution in [2.24, 2.45) is 0 Å². The molecule has 0 spiro atoms. The Hall–Kier alpha value is -5.89. The van der Waals surface area contributed by atoms with Gasteiger partial charge in [0.15, 0.2) is 0 Å². The van der Waals surface area contributed by atoms with Crippen LogP contribution in [0.2, 0.25) is 0 Å². The summed E-state index contributed by atoms with van der Waals surface area (Å²) in [6.07, 6.45) is 14.8. The Bertz CT molecular complexity index is 3640. The molecule has 16 bridgehead atoms. The van der Waals surface area contributed by atoms with Crippen LogP contribution in [-0.4, -0.2) is 57.4 Å². The number of hydrogen-bond donors (Lipinski definition) is 8. The molecule has 0 amide bonds. The molecule has 13 heteroatoms. The van der Waals surface area contributed by atoms with Gasteiger partial charge in [0.1, 0.15) is 0 Å². The van der Waals surface area contributed by atoms with Gasteiger partial charge in [-0.05, 0) is 192 Å². The summed E-state index contributed by atoms with van der Waals surface area (Å²) in [5.74, 6) is 0. The summed E-state index contributed by atoms with van der Waals surface area (Å²) in [4.78, 5) is 36.9. The first-order valence-corrected chi connectivity index (χ1v) is 31.0. The van der Waals surface area contributed by atoms with Crippen LogP contribution in [0.15, 0.2) is 0 Å². The average molecular weight is 1070 g/mol. The van der Waals surface area contributed by atoms with Crippen molar-refractivity contribution in [1.29, 1.82) is 0 Å². The van der Waals surface area contributed by atoms with Crippen LogP contribution >= 0.6 is 0 Å². The summed E-state index contributed by atoms with van der Waals surface area (Å²) >= 11 is 0. The SMILES string of the molecule is CCC1=C(CC)c2nc1c1[nH]c(c3nc(c4[nH]c(c(CC)c4CC)c4[nH]c(c(CC)c4CC)c4[nH]c(c(CC)c4CC)c4[nH]c(c(CC)c4CC)c4[nH]c2c(CC)c4CC)C(CC)=C3CC)c(CC)c1CC.O=S(=O)(O)O. The van der Waals surface area contributed by atoms with E-state index in [4.69, 9.17) is 27.5 Å². The van der Waals surface area contributed by atoms with E-state index in [9.17, 15) is 0 Å². The van der Waals surface area contributed by atoms with Crippen molar-refractivity contribution in [3.05, 3.63) is 89.5 Å². The van der Waals surface area contributed by atoms with Crippen molar-refractivity contribution < 1.29 is 17.5 Å². The second-order valence-corrected chi connectivity index (χ2v) is 21.5. The van der Waals surface area contributed by atoms with E-state index in [1.165, 1.54) is 155 Å². The quantitative estimate of drug-likeness (QED) is 0.0444. The van der Waals surface area contributed by atoms with Gasteiger partial charge in [0, 0.05) is 0 Å². The number of fused-ring (bicyclic) bond motifs is 24. The monoisotopic (exact) mass is 1060 g/mol. The van der Waals surface area contributed by atoms with Crippen molar-refractivity contribution >= 4 is 98.9 Å². The van der Waals surface area contributed by atoms with Crippen LogP contribution in [0.5, 0.6) is 0 Å². The van der Waals surface area contributed by atoms with Gasteiger partial charge in [-0.1, -0.05) is 111 Å². The van der Waals surface area contributed by atoms with Crippen LogP contribution in [0, 0.1) is 0 Å². The lowest BCUT2D eigenvalue weighted by Gasteiger charge is -2.06. The Morgan fingerprint density at radius 3 is 0.494 bits per heavy atom. The van der Waals surface area contributed by atoms with Crippen molar-refractivity contribution in [2.75, 3.05) is 0 Å². The predicted octanol–water partition coefficient (Wildman–Crippen LogP) is 16.9. The highest BCUT2D eigenvalue weighted by Gasteiger charge is 2.30. The van der Waals surface area contributed by atoms with Gasteiger partial charge in [-0.25, -0.2) is 9.97 Å². The summed E-state index contributed by atoms with van der Waals surface area (Å²) in [5, 5.41) is 0. The summed E-state index contributed by atoms with van der Waals surface area (Å²) < 4.78 is 31.6. The highest BCUT2D eigenvalue weighted by Crippen LogP contribution is 2.45. The Kier molecular flexibility index (Phi) is 17.3. The fourth-order valence-electron chi connectivity index (χ4n) is 14.1. The van der Waals surface area contributed by atoms with Gasteiger partial charge in [0.25, 0.3) is 0 Å². The summed E-state index contributed by atoms with van der Waals surface area (Å²) in [7, 11) is -4.67. The fraction of sp³-hybridized carbons (Fsp3) is 0.500. The minimum absolute atomic E-state index is 0.910. The number of allylic oxidation sites excluding steroid dienone is 4. The lowest BCUT2D eigenvalue weighted by Crippen LogP contribution is -1.91. The standard InChI is InChI=1S/C64H86N8.H2O4S/c1-17-33-34(18-2)50-52-37(21-5)38(22-6)55(67-52)56-41(25-9)42(26-10)59(69-56)60-45(29-13)46(30-14)63(71-60)64-48(32-16)47(31-15)62(72-64)61-44(28-12)43(27-11)58(70-61)57-40(24-8)39(23-7)54(68-57)53-36(20-4)35(19-3)51(66-53)49(33)65-50;1-5(2,3)4/h65-69,72H,17-32H2,1-16H3;(H2,1,2,3,4). The number of aromatic nitrogens is 8. The predicted molar refractivity (Wildman–Crippen MR) is 328 cm³/mol. The molecular formula is C64H88N8O4S. The molecule has 7 aromatic rings. The molecule has 0 aliphatic carbocycles. The fourth-order valence-corrected chi connectivity index (χ4v) is 14.1. The summed E-state index contributed by atoms with van der Waals surface area (Å²) in [6, 6.07) is 0. The molecule has 0 fully saturated rings. The molecule has 0 unspecified atom stereocenters. The number of aromatic amines is 6. The molecule has 9 heterocycles. The topological polar surface area (TPSA) is 195 Å². The zero-order valence-electron chi connectivity index (χ0n) is 49.3. The summed E-state index contributed by atoms with van der Waals surface area (Å²) in [5.41, 5.74) is 41.2. The first kappa shape index (κ1) is 57.3.